The Morgan fingerprint density at radius 1 is 0.920 bits per heavy atom. The van der Waals surface area contributed by atoms with Crippen molar-refractivity contribution in [2.45, 2.75) is 18.2 Å². The summed E-state index contributed by atoms with van der Waals surface area (Å²) in [5, 5.41) is 0. The van der Waals surface area contributed by atoms with Crippen LogP contribution in [-0.4, -0.2) is 12.1 Å². The van der Waals surface area contributed by atoms with Gasteiger partial charge in [-0.15, -0.1) is 0 Å². The Morgan fingerprint density at radius 2 is 1.52 bits per heavy atom. The molecule has 3 rings (SSSR count). The molecule has 1 aliphatic heterocycles. The molecule has 2 aromatic rings. The third-order valence-electron chi connectivity index (χ3n) is 4.02. The highest BCUT2D eigenvalue weighted by Crippen LogP contribution is 2.48. The highest BCUT2D eigenvalue weighted by atomic mass is 19.4. The van der Waals surface area contributed by atoms with Gasteiger partial charge < -0.3 is 4.74 Å². The number of esters is 1. The van der Waals surface area contributed by atoms with E-state index in [-0.39, 0.29) is 11.1 Å². The number of carbonyl (C=O) groups is 1. The SMILES string of the molecule is O=C1C=C(/C=C/c2ccccc2)C[C@@](c2ccccc2)(C(F)(F)F)O1. The van der Waals surface area contributed by atoms with Gasteiger partial charge in [0.25, 0.3) is 0 Å². The molecule has 0 N–H and O–H groups in total. The molecule has 0 spiro atoms. The molecular formula is C20H15F3O2. The molecule has 0 unspecified atom stereocenters. The fourth-order valence-electron chi connectivity index (χ4n) is 2.79. The number of rotatable bonds is 3. The molecule has 5 heteroatoms. The summed E-state index contributed by atoms with van der Waals surface area (Å²) >= 11 is 0. The Labute approximate surface area is 143 Å². The predicted octanol–water partition coefficient (Wildman–Crippen LogP) is 5.03. The second-order valence-corrected chi connectivity index (χ2v) is 5.75. The lowest BCUT2D eigenvalue weighted by molar-refractivity contribution is -0.276. The lowest BCUT2D eigenvalue weighted by atomic mass is 9.84. The molecule has 25 heavy (non-hydrogen) atoms. The minimum absolute atomic E-state index is 0.0884. The minimum atomic E-state index is -4.73. The van der Waals surface area contributed by atoms with Crippen molar-refractivity contribution in [3.63, 3.8) is 0 Å². The second kappa shape index (κ2) is 6.59. The predicted molar refractivity (Wildman–Crippen MR) is 88.4 cm³/mol. The van der Waals surface area contributed by atoms with Crippen molar-refractivity contribution in [3.05, 3.63) is 89.5 Å². The zero-order valence-corrected chi connectivity index (χ0v) is 13.2. The summed E-state index contributed by atoms with van der Waals surface area (Å²) in [6.07, 6.45) is -0.887. The zero-order valence-electron chi connectivity index (χ0n) is 13.2. The average molecular weight is 344 g/mol. The van der Waals surface area contributed by atoms with E-state index in [9.17, 15) is 18.0 Å². The van der Waals surface area contributed by atoms with E-state index in [0.717, 1.165) is 11.6 Å². The molecule has 1 heterocycles. The lowest BCUT2D eigenvalue weighted by Crippen LogP contribution is -2.48. The summed E-state index contributed by atoms with van der Waals surface area (Å²) in [5.74, 6) is -1.000. The van der Waals surface area contributed by atoms with E-state index in [2.05, 4.69) is 0 Å². The summed E-state index contributed by atoms with van der Waals surface area (Å²) in [6, 6.07) is 16.4. The van der Waals surface area contributed by atoms with Crippen molar-refractivity contribution >= 4 is 12.0 Å². The van der Waals surface area contributed by atoms with Crippen LogP contribution in [0.2, 0.25) is 0 Å². The number of cyclic esters (lactones) is 1. The van der Waals surface area contributed by atoms with E-state index < -0.39 is 24.2 Å². The summed E-state index contributed by atoms with van der Waals surface area (Å²) in [4.78, 5) is 11.9. The summed E-state index contributed by atoms with van der Waals surface area (Å²) in [6.45, 7) is 0. The number of benzene rings is 2. The van der Waals surface area contributed by atoms with Gasteiger partial charge in [0.2, 0.25) is 5.60 Å². The standard InChI is InChI=1S/C20H15F3O2/c21-20(22,23)19(17-9-5-2-6-10-17)14-16(13-18(24)25-19)12-11-15-7-3-1-4-8-15/h1-13H,14H2/b12-11+/t19-/m1/s1. The summed E-state index contributed by atoms with van der Waals surface area (Å²) in [7, 11) is 0. The van der Waals surface area contributed by atoms with E-state index in [1.807, 2.05) is 30.3 Å². The molecule has 0 aromatic heterocycles. The molecule has 128 valence electrons. The first-order chi connectivity index (χ1) is 11.9. The number of halogens is 3. The van der Waals surface area contributed by atoms with Crippen molar-refractivity contribution in [2.24, 2.45) is 0 Å². The Bertz CT molecular complexity index is 808. The molecule has 1 atom stereocenters. The highest BCUT2D eigenvalue weighted by Gasteiger charge is 2.60. The maximum absolute atomic E-state index is 13.9. The van der Waals surface area contributed by atoms with Crippen molar-refractivity contribution in [1.29, 1.82) is 0 Å². The number of alkyl halides is 3. The van der Waals surface area contributed by atoms with Crippen LogP contribution in [0.4, 0.5) is 13.2 Å². The van der Waals surface area contributed by atoms with Crippen LogP contribution in [0.25, 0.3) is 6.08 Å². The first kappa shape index (κ1) is 17.0. The van der Waals surface area contributed by atoms with E-state index >= 15 is 0 Å². The van der Waals surface area contributed by atoms with Crippen LogP contribution < -0.4 is 0 Å². The quantitative estimate of drug-likeness (QED) is 0.730. The Balaban J connectivity index is 1.98. The number of allylic oxidation sites excluding steroid dienone is 1. The lowest BCUT2D eigenvalue weighted by Gasteiger charge is -2.37. The van der Waals surface area contributed by atoms with Crippen LogP contribution >= 0.6 is 0 Å². The highest BCUT2D eigenvalue weighted by molar-refractivity contribution is 5.85. The fourth-order valence-corrected chi connectivity index (χ4v) is 2.79. The van der Waals surface area contributed by atoms with Gasteiger partial charge in [-0.25, -0.2) is 4.79 Å². The summed E-state index contributed by atoms with van der Waals surface area (Å²) < 4.78 is 46.4. The van der Waals surface area contributed by atoms with Crippen molar-refractivity contribution in [1.82, 2.24) is 0 Å². The molecule has 1 aliphatic rings. The van der Waals surface area contributed by atoms with Gasteiger partial charge in [0.15, 0.2) is 0 Å². The maximum Gasteiger partial charge on any atom is 0.433 e. The molecule has 2 aromatic carbocycles. The monoisotopic (exact) mass is 344 g/mol. The molecule has 0 saturated heterocycles. The van der Waals surface area contributed by atoms with Crippen molar-refractivity contribution < 1.29 is 22.7 Å². The summed E-state index contributed by atoms with van der Waals surface area (Å²) in [5.41, 5.74) is -1.66. The van der Waals surface area contributed by atoms with Crippen molar-refractivity contribution in [2.75, 3.05) is 0 Å². The molecule has 0 amide bonds. The van der Waals surface area contributed by atoms with E-state index in [0.29, 0.717) is 0 Å². The van der Waals surface area contributed by atoms with Crippen LogP contribution in [0.5, 0.6) is 0 Å². The molecule has 0 bridgehead atoms. The molecule has 0 aliphatic carbocycles. The van der Waals surface area contributed by atoms with Crippen LogP contribution in [0, 0.1) is 0 Å². The van der Waals surface area contributed by atoms with Gasteiger partial charge in [0, 0.05) is 18.1 Å². The maximum atomic E-state index is 13.9. The number of carbonyl (C=O) groups excluding carboxylic acids is 1. The Kier molecular flexibility index (Phi) is 4.49. The Hall–Kier alpha value is -2.82. The van der Waals surface area contributed by atoms with Gasteiger partial charge in [-0.2, -0.15) is 13.2 Å². The van der Waals surface area contributed by atoms with E-state index in [4.69, 9.17) is 4.74 Å². The smallest absolute Gasteiger partial charge is 0.433 e. The fraction of sp³-hybridized carbons (Fsp3) is 0.150. The van der Waals surface area contributed by atoms with Crippen molar-refractivity contribution in [3.8, 4) is 0 Å². The largest absolute Gasteiger partial charge is 0.441 e. The van der Waals surface area contributed by atoms with E-state index in [1.165, 1.54) is 30.3 Å². The average Bonchev–Trinajstić information content (AvgIpc) is 2.60. The molecule has 0 saturated carbocycles. The van der Waals surface area contributed by atoms with Crippen LogP contribution in [0.15, 0.2) is 78.4 Å². The Morgan fingerprint density at radius 3 is 2.12 bits per heavy atom. The third-order valence-corrected chi connectivity index (χ3v) is 4.02. The van der Waals surface area contributed by atoms with Gasteiger partial charge >= 0.3 is 12.1 Å². The second-order valence-electron chi connectivity index (χ2n) is 5.75. The first-order valence-corrected chi connectivity index (χ1v) is 7.70. The van der Waals surface area contributed by atoms with Gasteiger partial charge in [-0.1, -0.05) is 72.8 Å². The molecular weight excluding hydrogens is 329 g/mol. The molecule has 0 radical (unpaired) electrons. The van der Waals surface area contributed by atoms with Gasteiger partial charge in [0.05, 0.1) is 0 Å². The topological polar surface area (TPSA) is 26.3 Å². The number of hydrogen-bond acceptors (Lipinski definition) is 2. The van der Waals surface area contributed by atoms with Crippen LogP contribution in [-0.2, 0) is 15.1 Å². The number of hydrogen-bond donors (Lipinski definition) is 0. The zero-order chi connectivity index (χ0) is 17.9. The van der Waals surface area contributed by atoms with Gasteiger partial charge in [-0.05, 0) is 11.1 Å². The molecule has 2 nitrogen and oxygen atoms in total. The van der Waals surface area contributed by atoms with Crippen LogP contribution in [0.3, 0.4) is 0 Å². The van der Waals surface area contributed by atoms with E-state index in [1.54, 1.807) is 12.1 Å². The number of ether oxygens (including phenoxy) is 1. The third kappa shape index (κ3) is 3.50. The van der Waals surface area contributed by atoms with Crippen LogP contribution in [0.1, 0.15) is 17.5 Å². The molecule has 0 fully saturated rings. The first-order valence-electron chi connectivity index (χ1n) is 7.70. The van der Waals surface area contributed by atoms with Gasteiger partial charge in [-0.3, -0.25) is 0 Å². The normalized spacial score (nSPS) is 21.1. The minimum Gasteiger partial charge on any atom is -0.441 e. The van der Waals surface area contributed by atoms with Gasteiger partial charge in [0.1, 0.15) is 0 Å².